The van der Waals surface area contributed by atoms with Crippen LogP contribution >= 0.6 is 23.4 Å². The fourth-order valence-electron chi connectivity index (χ4n) is 3.55. The Balaban J connectivity index is 1.50. The van der Waals surface area contributed by atoms with Gasteiger partial charge in [0.15, 0.2) is 0 Å². The Morgan fingerprint density at radius 1 is 1.03 bits per heavy atom. The maximum atomic E-state index is 13.0. The number of nitrogens with zero attached hydrogens (tertiary/aromatic N) is 3. The van der Waals surface area contributed by atoms with Crippen molar-refractivity contribution >= 4 is 34.3 Å². The molecule has 164 valence electrons. The van der Waals surface area contributed by atoms with Gasteiger partial charge in [-0.2, -0.15) is 4.98 Å². The fourth-order valence-corrected chi connectivity index (χ4v) is 4.17. The van der Waals surface area contributed by atoms with Gasteiger partial charge in [0.25, 0.3) is 11.4 Å². The minimum atomic E-state index is -0.510. The molecule has 7 nitrogen and oxygen atoms in total. The van der Waals surface area contributed by atoms with E-state index in [0.29, 0.717) is 33.2 Å². The predicted molar refractivity (Wildman–Crippen MR) is 130 cm³/mol. The number of aromatic amines is 1. The molecule has 2 heterocycles. The number of halogens is 1. The van der Waals surface area contributed by atoms with Gasteiger partial charge in [-0.25, -0.2) is 4.79 Å². The van der Waals surface area contributed by atoms with Crippen LogP contribution in [0.4, 0.5) is 0 Å². The summed E-state index contributed by atoms with van der Waals surface area (Å²) in [6.07, 6.45) is 2.01. The quantitative estimate of drug-likeness (QED) is 0.365. The van der Waals surface area contributed by atoms with Gasteiger partial charge in [-0.05, 0) is 66.4 Å². The van der Waals surface area contributed by atoms with E-state index in [1.165, 1.54) is 0 Å². The lowest BCUT2D eigenvalue weighted by atomic mass is 10.1. The van der Waals surface area contributed by atoms with Crippen molar-refractivity contribution in [1.82, 2.24) is 19.7 Å². The predicted octanol–water partition coefficient (Wildman–Crippen LogP) is 4.83. The number of H-pyrrole nitrogens is 1. The van der Waals surface area contributed by atoms with E-state index in [4.69, 9.17) is 16.1 Å². The van der Waals surface area contributed by atoms with Gasteiger partial charge in [-0.15, -0.1) is 11.8 Å². The minimum Gasteiger partial charge on any atom is -0.334 e. The summed E-state index contributed by atoms with van der Waals surface area (Å²) in [4.78, 5) is 34.0. The lowest BCUT2D eigenvalue weighted by Gasteiger charge is -2.07. The van der Waals surface area contributed by atoms with Gasteiger partial charge < -0.3 is 9.51 Å². The smallest absolute Gasteiger partial charge is 0.329 e. The molecule has 0 atom stereocenters. The third-order valence-corrected chi connectivity index (χ3v) is 6.21. The van der Waals surface area contributed by atoms with Crippen molar-refractivity contribution in [2.45, 2.75) is 11.4 Å². The average molecular weight is 477 g/mol. The number of nitrogens with one attached hydrogen (secondary N) is 1. The Bertz CT molecular complexity index is 1590. The highest BCUT2D eigenvalue weighted by atomic mass is 35.5. The van der Waals surface area contributed by atoms with Crippen molar-refractivity contribution in [3.8, 4) is 22.8 Å². The number of thioether (sulfide) groups is 1. The second-order valence-electron chi connectivity index (χ2n) is 7.36. The lowest BCUT2D eigenvalue weighted by Crippen LogP contribution is -2.35. The van der Waals surface area contributed by atoms with E-state index in [1.807, 2.05) is 36.6 Å². The van der Waals surface area contributed by atoms with Gasteiger partial charge in [0.2, 0.25) is 5.82 Å². The van der Waals surface area contributed by atoms with Gasteiger partial charge in [0.05, 0.1) is 17.4 Å². The molecule has 0 aliphatic rings. The van der Waals surface area contributed by atoms with Crippen LogP contribution in [-0.2, 0) is 6.54 Å². The maximum Gasteiger partial charge on any atom is 0.329 e. The van der Waals surface area contributed by atoms with Crippen molar-refractivity contribution in [2.75, 3.05) is 6.26 Å². The molecule has 3 aromatic carbocycles. The standard InChI is InChI=1S/C24H17ClN4O3S/c1-33-18-8-5-15(6-9-18)21-27-22(32-28-21)16-7-10-19-20(12-16)26-24(31)29(23(19)30)13-14-3-2-4-17(25)11-14/h2-12H,13H2,1H3,(H,26,31). The first-order valence-electron chi connectivity index (χ1n) is 10.0. The van der Waals surface area contributed by atoms with E-state index >= 15 is 0 Å². The largest absolute Gasteiger partial charge is 0.334 e. The molecule has 0 saturated heterocycles. The van der Waals surface area contributed by atoms with Crippen LogP contribution in [0.1, 0.15) is 5.56 Å². The van der Waals surface area contributed by atoms with Gasteiger partial charge in [-0.3, -0.25) is 9.36 Å². The molecule has 5 aromatic rings. The molecule has 0 aliphatic heterocycles. The Morgan fingerprint density at radius 3 is 2.58 bits per heavy atom. The van der Waals surface area contributed by atoms with E-state index < -0.39 is 5.69 Å². The highest BCUT2D eigenvalue weighted by Crippen LogP contribution is 2.25. The summed E-state index contributed by atoms with van der Waals surface area (Å²) in [6, 6.07) is 19.9. The Morgan fingerprint density at radius 2 is 1.82 bits per heavy atom. The summed E-state index contributed by atoms with van der Waals surface area (Å²) >= 11 is 7.68. The molecule has 0 spiro atoms. The molecule has 0 amide bonds. The van der Waals surface area contributed by atoms with Crippen molar-refractivity contribution in [2.24, 2.45) is 0 Å². The molecule has 1 N–H and O–H groups in total. The highest BCUT2D eigenvalue weighted by molar-refractivity contribution is 7.98. The minimum absolute atomic E-state index is 0.120. The van der Waals surface area contributed by atoms with Gasteiger partial charge in [0, 0.05) is 21.0 Å². The Labute approximate surface area is 197 Å². The van der Waals surface area contributed by atoms with Gasteiger partial charge in [-0.1, -0.05) is 28.9 Å². The van der Waals surface area contributed by atoms with Crippen LogP contribution in [0.2, 0.25) is 5.02 Å². The summed E-state index contributed by atoms with van der Waals surface area (Å²) in [5.74, 6) is 0.757. The van der Waals surface area contributed by atoms with Crippen LogP contribution in [0.25, 0.3) is 33.7 Å². The normalized spacial score (nSPS) is 11.2. The number of fused-ring (bicyclic) bond motifs is 1. The van der Waals surface area contributed by atoms with Crippen molar-refractivity contribution in [3.63, 3.8) is 0 Å². The van der Waals surface area contributed by atoms with Gasteiger partial charge >= 0.3 is 5.69 Å². The van der Waals surface area contributed by atoms with Crippen LogP contribution in [0.5, 0.6) is 0 Å². The zero-order valence-electron chi connectivity index (χ0n) is 17.4. The van der Waals surface area contributed by atoms with Crippen LogP contribution in [-0.4, -0.2) is 25.9 Å². The van der Waals surface area contributed by atoms with E-state index in [1.54, 1.807) is 48.2 Å². The van der Waals surface area contributed by atoms with E-state index in [-0.39, 0.29) is 12.1 Å². The number of benzene rings is 3. The van der Waals surface area contributed by atoms with Gasteiger partial charge in [0.1, 0.15) is 0 Å². The SMILES string of the molecule is CSc1ccc(-c2noc(-c3ccc4c(=O)n(Cc5cccc(Cl)c5)c(=O)[nH]c4c3)n2)cc1. The number of aromatic nitrogens is 4. The molecular weight excluding hydrogens is 460 g/mol. The average Bonchev–Trinajstić information content (AvgIpc) is 3.32. The first-order valence-corrected chi connectivity index (χ1v) is 11.6. The van der Waals surface area contributed by atoms with E-state index in [0.717, 1.165) is 20.6 Å². The summed E-state index contributed by atoms with van der Waals surface area (Å²) in [6.45, 7) is 0.120. The Kier molecular flexibility index (Phi) is 5.62. The molecular formula is C24H17ClN4O3S. The molecule has 0 bridgehead atoms. The van der Waals surface area contributed by atoms with Crippen LogP contribution in [0, 0.1) is 0 Å². The summed E-state index contributed by atoms with van der Waals surface area (Å²) in [5.41, 5.74) is 1.69. The topological polar surface area (TPSA) is 93.8 Å². The zero-order chi connectivity index (χ0) is 22.9. The van der Waals surface area contributed by atoms with Crippen LogP contribution in [0.3, 0.4) is 0 Å². The highest BCUT2D eigenvalue weighted by Gasteiger charge is 2.14. The van der Waals surface area contributed by atoms with Crippen molar-refractivity contribution < 1.29 is 4.52 Å². The molecule has 0 aliphatic carbocycles. The monoisotopic (exact) mass is 476 g/mol. The maximum absolute atomic E-state index is 13.0. The third-order valence-electron chi connectivity index (χ3n) is 5.23. The summed E-state index contributed by atoms with van der Waals surface area (Å²) < 4.78 is 6.58. The molecule has 9 heteroatoms. The molecule has 0 saturated carbocycles. The van der Waals surface area contributed by atoms with Crippen molar-refractivity contribution in [1.29, 1.82) is 0 Å². The number of rotatable bonds is 5. The van der Waals surface area contributed by atoms with E-state index in [2.05, 4.69) is 15.1 Å². The molecule has 5 rings (SSSR count). The van der Waals surface area contributed by atoms with Crippen LogP contribution in [0.15, 0.2) is 85.7 Å². The fraction of sp³-hybridized carbons (Fsp3) is 0.0833. The number of hydrogen-bond donors (Lipinski definition) is 1. The van der Waals surface area contributed by atoms with E-state index in [9.17, 15) is 9.59 Å². The third kappa shape index (κ3) is 4.22. The molecule has 0 fully saturated rings. The zero-order valence-corrected chi connectivity index (χ0v) is 19.0. The second-order valence-corrected chi connectivity index (χ2v) is 8.68. The second kappa shape index (κ2) is 8.73. The summed E-state index contributed by atoms with van der Waals surface area (Å²) in [5, 5.41) is 4.99. The molecule has 33 heavy (non-hydrogen) atoms. The molecule has 2 aromatic heterocycles. The Hall–Kier alpha value is -3.62. The molecule has 0 radical (unpaired) electrons. The first kappa shape index (κ1) is 21.2. The lowest BCUT2D eigenvalue weighted by molar-refractivity contribution is 0.432. The van der Waals surface area contributed by atoms with Crippen molar-refractivity contribution in [3.05, 3.63) is 98.2 Å². The van der Waals surface area contributed by atoms with Crippen LogP contribution < -0.4 is 11.2 Å². The first-order chi connectivity index (χ1) is 16.0. The summed E-state index contributed by atoms with van der Waals surface area (Å²) in [7, 11) is 0. The number of hydrogen-bond acceptors (Lipinski definition) is 6. The molecule has 0 unspecified atom stereocenters.